The third-order valence-electron chi connectivity index (χ3n) is 9.84. The van der Waals surface area contributed by atoms with E-state index in [0.29, 0.717) is 11.5 Å². The van der Waals surface area contributed by atoms with E-state index in [0.717, 1.165) is 60.6 Å². The van der Waals surface area contributed by atoms with Crippen molar-refractivity contribution < 1.29 is 25.8 Å². The van der Waals surface area contributed by atoms with Crippen LogP contribution in [0, 0.1) is 32.9 Å². The van der Waals surface area contributed by atoms with Crippen LogP contribution in [0.25, 0.3) is 66.2 Å². The summed E-state index contributed by atoms with van der Waals surface area (Å²) >= 11 is 0. The summed E-state index contributed by atoms with van der Waals surface area (Å²) in [5.41, 5.74) is 11.9. The summed E-state index contributed by atoms with van der Waals surface area (Å²) in [7, 11) is 0. The molecule has 0 unspecified atom stereocenters. The van der Waals surface area contributed by atoms with Gasteiger partial charge in [-0.1, -0.05) is 91.3 Å². The number of aryl methyl sites for hydroxylation is 3. The van der Waals surface area contributed by atoms with Crippen molar-refractivity contribution >= 4 is 49.3 Å². The van der Waals surface area contributed by atoms with E-state index < -0.39 is 0 Å². The maximum atomic E-state index is 6.55. The van der Waals surface area contributed by atoms with Crippen LogP contribution in [0.1, 0.15) is 43.0 Å². The van der Waals surface area contributed by atoms with Gasteiger partial charge in [-0.15, -0.1) is 30.3 Å². The second kappa shape index (κ2) is 12.2. The minimum absolute atomic E-state index is 0. The van der Waals surface area contributed by atoms with E-state index >= 15 is 0 Å². The molecule has 9 aromatic rings. The summed E-state index contributed by atoms with van der Waals surface area (Å²) in [6.07, 6.45) is 4.00. The molecule has 51 heavy (non-hydrogen) atoms. The van der Waals surface area contributed by atoms with Crippen molar-refractivity contribution in [2.45, 2.75) is 47.0 Å². The molecule has 0 aliphatic heterocycles. The average molecular weight is 844 g/mol. The smallest absolute Gasteiger partial charge is 0.503 e. The molecule has 0 fully saturated rings. The van der Waals surface area contributed by atoms with Gasteiger partial charge in [0, 0.05) is 45.7 Å². The Bertz CT molecular complexity index is 2800. The number of hydrogen-bond acceptors (Lipinski definition) is 3. The van der Waals surface area contributed by atoms with E-state index in [2.05, 4.69) is 142 Å². The van der Waals surface area contributed by atoms with E-state index in [-0.39, 0.29) is 26.5 Å². The molecular weight excluding hydrogens is 808 g/mol. The summed E-state index contributed by atoms with van der Waals surface area (Å²) in [6.45, 7) is 13.2. The third kappa shape index (κ3) is 5.43. The maximum absolute atomic E-state index is 6.55. The Morgan fingerprint density at radius 3 is 2.20 bits per heavy atom. The Kier molecular flexibility index (Phi) is 7.88. The fourth-order valence-electron chi connectivity index (χ4n) is 7.59. The first kappa shape index (κ1) is 32.9. The van der Waals surface area contributed by atoms with Crippen LogP contribution >= 0.6 is 0 Å². The minimum atomic E-state index is 0. The number of nitrogens with zero attached hydrogens (tertiary/aromatic N) is 4. The van der Waals surface area contributed by atoms with Crippen molar-refractivity contribution in [3.8, 4) is 28.4 Å². The zero-order chi connectivity index (χ0) is 34.3. The van der Waals surface area contributed by atoms with Crippen LogP contribution < -0.4 is 4.74 Å². The van der Waals surface area contributed by atoms with Crippen molar-refractivity contribution in [2.75, 3.05) is 0 Å². The Hall–Kier alpha value is -5.25. The molecule has 0 saturated carbocycles. The normalized spacial score (nSPS) is 12.0. The molecule has 0 amide bonds. The number of rotatable bonds is 4. The van der Waals surface area contributed by atoms with E-state index in [4.69, 9.17) is 14.7 Å². The summed E-state index contributed by atoms with van der Waals surface area (Å²) < 4.78 is 10.9. The van der Waals surface area contributed by atoms with Crippen LogP contribution in [0.3, 0.4) is 0 Å². The predicted molar refractivity (Wildman–Crippen MR) is 205 cm³/mol. The van der Waals surface area contributed by atoms with Gasteiger partial charge in [0.25, 0.3) is 0 Å². The number of benzene rings is 5. The number of hydrogen-bond donors (Lipinski definition) is 0. The second-order valence-corrected chi connectivity index (χ2v) is 14.4. The van der Waals surface area contributed by atoms with Gasteiger partial charge < -0.3 is 13.7 Å². The van der Waals surface area contributed by atoms with Crippen LogP contribution in [0.4, 0.5) is 0 Å². The zero-order valence-electron chi connectivity index (χ0n) is 29.4. The number of pyridine rings is 2. The minimum Gasteiger partial charge on any atom is -0.503 e. The van der Waals surface area contributed by atoms with Crippen molar-refractivity contribution in [1.29, 1.82) is 0 Å². The Balaban J connectivity index is 0.00000374. The number of aromatic nitrogens is 4. The molecule has 9 rings (SSSR count). The first-order valence-electron chi connectivity index (χ1n) is 17.1. The summed E-state index contributed by atoms with van der Waals surface area (Å²) in [5, 5.41) is 5.40. The zero-order valence-corrected chi connectivity index (χ0v) is 31.7. The van der Waals surface area contributed by atoms with Gasteiger partial charge in [-0.2, -0.15) is 6.07 Å². The van der Waals surface area contributed by atoms with Crippen molar-refractivity contribution in [3.63, 3.8) is 0 Å². The molecule has 0 atom stereocenters. The Labute approximate surface area is 311 Å². The van der Waals surface area contributed by atoms with E-state index in [1.165, 1.54) is 27.8 Å². The molecule has 0 aliphatic rings. The maximum Gasteiger partial charge on any atom is 2.00 e. The van der Waals surface area contributed by atoms with Crippen LogP contribution in [-0.4, -0.2) is 18.9 Å². The van der Waals surface area contributed by atoms with Gasteiger partial charge in [0.15, 0.2) is 0 Å². The van der Waals surface area contributed by atoms with Crippen LogP contribution in [0.5, 0.6) is 11.5 Å². The molecule has 0 N–H and O–H groups in total. The van der Waals surface area contributed by atoms with Gasteiger partial charge >= 0.3 is 21.1 Å². The molecule has 4 aromatic heterocycles. The molecule has 0 spiro atoms. The number of imidazole rings is 1. The second-order valence-electron chi connectivity index (χ2n) is 14.4. The molecule has 252 valence electrons. The first-order chi connectivity index (χ1) is 24.1. The fourth-order valence-corrected chi connectivity index (χ4v) is 7.59. The average Bonchev–Trinajstić information content (AvgIpc) is 3.68. The number of para-hydroxylation sites is 1. The summed E-state index contributed by atoms with van der Waals surface area (Å²) in [5.74, 6) is 1.20. The Morgan fingerprint density at radius 2 is 1.39 bits per heavy atom. The topological polar surface area (TPSA) is 44.4 Å². The van der Waals surface area contributed by atoms with Gasteiger partial charge in [0.1, 0.15) is 5.65 Å². The molecule has 0 saturated heterocycles. The van der Waals surface area contributed by atoms with Gasteiger partial charge in [0.05, 0.1) is 16.9 Å². The van der Waals surface area contributed by atoms with Crippen LogP contribution in [0.15, 0.2) is 109 Å². The SMILES string of the molecule is Cc1cc(C)c(-c2cn3c4ccccc4c4ccc(Oc5[c-]c(-n6c7cc(C(C)(C)C)ccc7c7cccnc76)ccc5)[c-]c4c3n2)c(C)c1.[Pt+2]. The molecule has 4 heterocycles. The van der Waals surface area contributed by atoms with Crippen molar-refractivity contribution in [2.24, 2.45) is 0 Å². The van der Waals surface area contributed by atoms with Gasteiger partial charge in [-0.3, -0.25) is 4.98 Å². The third-order valence-corrected chi connectivity index (χ3v) is 9.84. The van der Waals surface area contributed by atoms with Gasteiger partial charge in [0.2, 0.25) is 0 Å². The number of fused-ring (bicyclic) bond motifs is 9. The van der Waals surface area contributed by atoms with E-state index in [1.807, 2.05) is 30.5 Å². The van der Waals surface area contributed by atoms with E-state index in [9.17, 15) is 0 Å². The van der Waals surface area contributed by atoms with Crippen molar-refractivity contribution in [3.05, 3.63) is 144 Å². The van der Waals surface area contributed by atoms with Gasteiger partial charge in [-0.05, 0) is 72.5 Å². The molecule has 0 radical (unpaired) electrons. The summed E-state index contributed by atoms with van der Waals surface area (Å²) in [6, 6.07) is 41.1. The molecular formula is C45H36N4OPt. The molecule has 0 aliphatic carbocycles. The quantitative estimate of drug-likeness (QED) is 0.131. The largest absolute Gasteiger partial charge is 2.00 e. The van der Waals surface area contributed by atoms with Crippen molar-refractivity contribution in [1.82, 2.24) is 18.9 Å². The molecule has 0 bridgehead atoms. The molecule has 5 nitrogen and oxygen atoms in total. The number of ether oxygens (including phenoxy) is 1. The van der Waals surface area contributed by atoms with E-state index in [1.54, 1.807) is 0 Å². The molecule has 6 heteroatoms. The van der Waals surface area contributed by atoms with Crippen LogP contribution in [0.2, 0.25) is 0 Å². The van der Waals surface area contributed by atoms with Crippen LogP contribution in [-0.2, 0) is 26.5 Å². The first-order valence-corrected chi connectivity index (χ1v) is 17.1. The fraction of sp³-hybridized carbons (Fsp3) is 0.156. The Morgan fingerprint density at radius 1 is 0.667 bits per heavy atom. The standard InChI is InChI=1S/C45H36N4O.Pt/c1-27-21-28(2)42(29(3)22-27)39-26-48-40-15-8-7-13-35(40)34-19-17-33(25-38(34)44(48)47-39)50-32-12-9-11-31(24-32)49-41-23-30(45(4,5)6)16-18-36(41)37-14-10-20-46-43(37)49;/h7-23,26H,1-6H3;/q-2;+2. The summed E-state index contributed by atoms with van der Waals surface area (Å²) in [4.78, 5) is 10.1. The molecule has 5 aromatic carbocycles. The monoisotopic (exact) mass is 843 g/mol. The van der Waals surface area contributed by atoms with Gasteiger partial charge in [-0.25, -0.2) is 4.98 Å². The predicted octanol–water partition coefficient (Wildman–Crippen LogP) is 11.4.